The predicted octanol–water partition coefficient (Wildman–Crippen LogP) is 1.78. The average molecular weight is 339 g/mol. The molecule has 0 spiro atoms. The van der Waals surface area contributed by atoms with Gasteiger partial charge in [-0.1, -0.05) is 11.6 Å². The highest BCUT2D eigenvalue weighted by atomic mass is 16.5. The number of benzene rings is 1. The molecule has 1 fully saturated rings. The third kappa shape index (κ3) is 2.71. The number of pyridine rings is 1. The van der Waals surface area contributed by atoms with Crippen LogP contribution in [0.1, 0.15) is 32.0 Å². The van der Waals surface area contributed by atoms with E-state index in [0.29, 0.717) is 43.1 Å². The van der Waals surface area contributed by atoms with Crippen molar-refractivity contribution in [2.45, 2.75) is 13.8 Å². The smallest absolute Gasteiger partial charge is 0.263 e. The topological polar surface area (TPSA) is 62.7 Å². The van der Waals surface area contributed by atoms with Crippen LogP contribution in [0.4, 0.5) is 0 Å². The lowest BCUT2D eigenvalue weighted by atomic mass is 10.0. The second kappa shape index (κ2) is 6.20. The zero-order valence-corrected chi connectivity index (χ0v) is 14.5. The zero-order chi connectivity index (χ0) is 17.6. The van der Waals surface area contributed by atoms with Gasteiger partial charge >= 0.3 is 0 Å². The van der Waals surface area contributed by atoms with Gasteiger partial charge < -0.3 is 4.74 Å². The highest BCUT2D eigenvalue weighted by Crippen LogP contribution is 2.31. The number of hydrogen-bond donors (Lipinski definition) is 0. The number of rotatable bonds is 3. The second-order valence-corrected chi connectivity index (χ2v) is 6.68. The monoisotopic (exact) mass is 339 g/mol. The molecule has 0 atom stereocenters. The molecule has 4 rings (SSSR count). The van der Waals surface area contributed by atoms with Gasteiger partial charge in [0.25, 0.3) is 11.8 Å². The van der Waals surface area contributed by atoms with Crippen LogP contribution in [0.5, 0.6) is 0 Å². The summed E-state index contributed by atoms with van der Waals surface area (Å²) in [6.45, 7) is 7.94. The minimum Gasteiger partial charge on any atom is -0.379 e. The molecule has 0 saturated carbocycles. The van der Waals surface area contributed by atoms with Crippen LogP contribution in [-0.4, -0.2) is 66.0 Å². The molecule has 0 radical (unpaired) electrons. The van der Waals surface area contributed by atoms with Crippen LogP contribution >= 0.6 is 0 Å². The first-order valence-electron chi connectivity index (χ1n) is 8.63. The maximum Gasteiger partial charge on any atom is 0.263 e. The van der Waals surface area contributed by atoms with E-state index in [4.69, 9.17) is 4.74 Å². The molecule has 3 heterocycles. The number of carbonyl (C=O) groups is 2. The molecule has 2 aromatic rings. The Morgan fingerprint density at radius 2 is 1.76 bits per heavy atom. The van der Waals surface area contributed by atoms with Crippen LogP contribution in [0.15, 0.2) is 18.2 Å². The molecular weight excluding hydrogens is 318 g/mol. The van der Waals surface area contributed by atoms with Crippen molar-refractivity contribution in [3.05, 3.63) is 40.6 Å². The van der Waals surface area contributed by atoms with Crippen molar-refractivity contribution in [1.82, 2.24) is 14.8 Å². The molecule has 2 aliphatic rings. The molecule has 0 aliphatic carbocycles. The number of aryl methyl sites for hydroxylation is 2. The Bertz CT molecular complexity index is 872. The summed E-state index contributed by atoms with van der Waals surface area (Å²) in [5, 5.41) is 0.771. The largest absolute Gasteiger partial charge is 0.379 e. The van der Waals surface area contributed by atoms with Crippen molar-refractivity contribution in [3.8, 4) is 0 Å². The third-order valence-electron chi connectivity index (χ3n) is 4.98. The summed E-state index contributed by atoms with van der Waals surface area (Å²) in [6.07, 6.45) is 0. The van der Waals surface area contributed by atoms with Crippen molar-refractivity contribution in [1.29, 1.82) is 0 Å². The first-order valence-corrected chi connectivity index (χ1v) is 8.63. The van der Waals surface area contributed by atoms with Gasteiger partial charge in [0.2, 0.25) is 0 Å². The molecule has 1 aromatic carbocycles. The Morgan fingerprint density at radius 3 is 2.52 bits per heavy atom. The summed E-state index contributed by atoms with van der Waals surface area (Å²) in [4.78, 5) is 34.0. The van der Waals surface area contributed by atoms with Gasteiger partial charge in [0.1, 0.15) is 0 Å². The maximum atomic E-state index is 13.0. The molecule has 2 amide bonds. The van der Waals surface area contributed by atoms with E-state index in [1.165, 1.54) is 4.90 Å². The fourth-order valence-corrected chi connectivity index (χ4v) is 3.62. The minimum absolute atomic E-state index is 0.200. The Kier molecular flexibility index (Phi) is 4.01. The van der Waals surface area contributed by atoms with Gasteiger partial charge in [-0.25, -0.2) is 0 Å². The summed E-state index contributed by atoms with van der Waals surface area (Å²) in [7, 11) is 0. The molecule has 0 N–H and O–H groups in total. The first-order chi connectivity index (χ1) is 12.1. The molecule has 6 heteroatoms. The Balaban J connectivity index is 1.67. The molecule has 0 unspecified atom stereocenters. The number of ether oxygens (including phenoxy) is 1. The van der Waals surface area contributed by atoms with E-state index in [-0.39, 0.29) is 11.8 Å². The number of aromatic nitrogens is 1. The molecule has 2 aliphatic heterocycles. The number of fused-ring (bicyclic) bond motifs is 3. The van der Waals surface area contributed by atoms with Crippen molar-refractivity contribution < 1.29 is 14.3 Å². The second-order valence-electron chi connectivity index (χ2n) is 6.68. The van der Waals surface area contributed by atoms with E-state index in [1.807, 2.05) is 25.1 Å². The van der Waals surface area contributed by atoms with E-state index < -0.39 is 0 Å². The highest BCUT2D eigenvalue weighted by Gasteiger charge is 2.39. The number of imide groups is 1. The molecule has 1 saturated heterocycles. The average Bonchev–Trinajstić information content (AvgIpc) is 2.86. The zero-order valence-electron chi connectivity index (χ0n) is 14.5. The highest BCUT2D eigenvalue weighted by molar-refractivity contribution is 6.26. The van der Waals surface area contributed by atoms with Crippen molar-refractivity contribution in [2.75, 3.05) is 39.4 Å². The van der Waals surface area contributed by atoms with Crippen LogP contribution < -0.4 is 0 Å². The summed E-state index contributed by atoms with van der Waals surface area (Å²) >= 11 is 0. The first kappa shape index (κ1) is 16.2. The van der Waals surface area contributed by atoms with Crippen LogP contribution in [0, 0.1) is 13.8 Å². The SMILES string of the molecule is Cc1ccc2nc(C)c3c(c2c1)C(=O)N(CCN1CCOCC1)C3=O. The third-order valence-corrected chi connectivity index (χ3v) is 4.98. The summed E-state index contributed by atoms with van der Waals surface area (Å²) in [5.41, 5.74) is 3.41. The van der Waals surface area contributed by atoms with Gasteiger partial charge in [0, 0.05) is 31.6 Å². The van der Waals surface area contributed by atoms with Gasteiger partial charge in [0.05, 0.1) is 35.6 Å². The molecule has 6 nitrogen and oxygen atoms in total. The molecular formula is C19H21N3O3. The number of hydrogen-bond acceptors (Lipinski definition) is 5. The van der Waals surface area contributed by atoms with Gasteiger partial charge in [-0.05, 0) is 26.0 Å². The van der Waals surface area contributed by atoms with Crippen LogP contribution in [-0.2, 0) is 4.74 Å². The molecule has 0 bridgehead atoms. The minimum atomic E-state index is -0.221. The lowest BCUT2D eigenvalue weighted by molar-refractivity contribution is 0.0325. The Hall–Kier alpha value is -2.31. The van der Waals surface area contributed by atoms with Crippen LogP contribution in [0.25, 0.3) is 10.9 Å². The summed E-state index contributed by atoms with van der Waals surface area (Å²) < 4.78 is 5.34. The molecule has 1 aromatic heterocycles. The van der Waals surface area contributed by atoms with Crippen molar-refractivity contribution in [2.24, 2.45) is 0 Å². The van der Waals surface area contributed by atoms with E-state index >= 15 is 0 Å². The Morgan fingerprint density at radius 1 is 1.04 bits per heavy atom. The number of carbonyl (C=O) groups excluding carboxylic acids is 2. The Labute approximate surface area is 146 Å². The molecule has 130 valence electrons. The van der Waals surface area contributed by atoms with E-state index in [2.05, 4.69) is 9.88 Å². The molecule has 25 heavy (non-hydrogen) atoms. The van der Waals surface area contributed by atoms with Crippen molar-refractivity contribution >= 4 is 22.7 Å². The van der Waals surface area contributed by atoms with E-state index in [0.717, 1.165) is 29.6 Å². The number of morpholine rings is 1. The fraction of sp³-hybridized carbons (Fsp3) is 0.421. The van der Waals surface area contributed by atoms with Gasteiger partial charge in [0.15, 0.2) is 0 Å². The van der Waals surface area contributed by atoms with E-state index in [9.17, 15) is 9.59 Å². The number of amides is 2. The van der Waals surface area contributed by atoms with Gasteiger partial charge in [-0.3, -0.25) is 24.4 Å². The predicted molar refractivity (Wildman–Crippen MR) is 93.8 cm³/mol. The lowest BCUT2D eigenvalue weighted by Gasteiger charge is -2.27. The number of nitrogens with zero attached hydrogens (tertiary/aromatic N) is 3. The summed E-state index contributed by atoms with van der Waals surface area (Å²) in [5.74, 6) is -0.420. The van der Waals surface area contributed by atoms with Gasteiger partial charge in [-0.2, -0.15) is 0 Å². The lowest BCUT2D eigenvalue weighted by Crippen LogP contribution is -2.43. The standard InChI is InChI=1S/C19H21N3O3/c1-12-3-4-15-14(11-12)17-16(13(2)20-15)18(23)22(19(17)24)6-5-21-7-9-25-10-8-21/h3-4,11H,5-10H2,1-2H3. The van der Waals surface area contributed by atoms with E-state index in [1.54, 1.807) is 6.92 Å². The van der Waals surface area contributed by atoms with Crippen LogP contribution in [0.3, 0.4) is 0 Å². The quantitative estimate of drug-likeness (QED) is 0.798. The fourth-order valence-electron chi connectivity index (χ4n) is 3.62. The normalized spacial score (nSPS) is 18.2. The maximum absolute atomic E-state index is 13.0. The van der Waals surface area contributed by atoms with Gasteiger partial charge in [-0.15, -0.1) is 0 Å². The summed E-state index contributed by atoms with van der Waals surface area (Å²) in [6, 6.07) is 5.82. The van der Waals surface area contributed by atoms with Crippen LogP contribution in [0.2, 0.25) is 0 Å². The van der Waals surface area contributed by atoms with Crippen molar-refractivity contribution in [3.63, 3.8) is 0 Å².